The maximum Gasteiger partial charge on any atom is 0.417 e. The van der Waals surface area contributed by atoms with E-state index in [0.29, 0.717) is 0 Å². The third-order valence-corrected chi connectivity index (χ3v) is 6.37. The Kier molecular flexibility index (Phi) is 5.62. The summed E-state index contributed by atoms with van der Waals surface area (Å²) in [4.78, 5) is 15.7. The number of carbonyl (C=O) groups is 1. The number of anilines is 1. The SMILES string of the molecule is CC1(C)C(=O)N(c2ccc(C#N)c(C(F)(F)F)c2)C(=S)N1C1(O)C=CC(c2ccccc2)=CC1. The number of allylic oxidation sites excluding steroid dienone is 2. The van der Waals surface area contributed by atoms with Gasteiger partial charge in [-0.1, -0.05) is 42.5 Å². The summed E-state index contributed by atoms with van der Waals surface area (Å²) in [6.07, 6.45) is 0.419. The Bertz CT molecular complexity index is 1280. The summed E-state index contributed by atoms with van der Waals surface area (Å²) in [5, 5.41) is 20.4. The van der Waals surface area contributed by atoms with Gasteiger partial charge in [0.15, 0.2) is 10.8 Å². The van der Waals surface area contributed by atoms with Crippen LogP contribution in [0, 0.1) is 11.3 Å². The van der Waals surface area contributed by atoms with Crippen LogP contribution in [0.25, 0.3) is 5.57 Å². The van der Waals surface area contributed by atoms with Gasteiger partial charge in [0, 0.05) is 6.42 Å². The van der Waals surface area contributed by atoms with Gasteiger partial charge in [0.25, 0.3) is 5.91 Å². The smallest absolute Gasteiger partial charge is 0.367 e. The second-order valence-corrected chi connectivity index (χ2v) is 8.96. The summed E-state index contributed by atoms with van der Waals surface area (Å²) >= 11 is 5.51. The number of rotatable bonds is 3. The zero-order valence-corrected chi connectivity index (χ0v) is 19.1. The summed E-state index contributed by atoms with van der Waals surface area (Å²) < 4.78 is 40.5. The first-order valence-corrected chi connectivity index (χ1v) is 10.8. The Morgan fingerprint density at radius 1 is 1.15 bits per heavy atom. The van der Waals surface area contributed by atoms with Crippen molar-refractivity contribution in [2.45, 2.75) is 37.7 Å². The van der Waals surface area contributed by atoms with Crippen LogP contribution in [-0.4, -0.2) is 32.3 Å². The fourth-order valence-corrected chi connectivity index (χ4v) is 4.88. The highest BCUT2D eigenvalue weighted by atomic mass is 32.1. The van der Waals surface area contributed by atoms with Gasteiger partial charge in [-0.25, -0.2) is 0 Å². The van der Waals surface area contributed by atoms with Crippen molar-refractivity contribution < 1.29 is 23.1 Å². The van der Waals surface area contributed by atoms with E-state index in [9.17, 15) is 23.1 Å². The van der Waals surface area contributed by atoms with Crippen LogP contribution in [0.3, 0.4) is 0 Å². The molecule has 174 valence electrons. The molecule has 0 saturated carbocycles. The lowest BCUT2D eigenvalue weighted by Crippen LogP contribution is -2.57. The van der Waals surface area contributed by atoms with Gasteiger partial charge in [-0.15, -0.1) is 0 Å². The minimum Gasteiger partial charge on any atom is -0.367 e. The Morgan fingerprint density at radius 3 is 2.38 bits per heavy atom. The third kappa shape index (κ3) is 3.79. The van der Waals surface area contributed by atoms with Crippen LogP contribution in [0.1, 0.15) is 37.0 Å². The quantitative estimate of drug-likeness (QED) is 0.621. The van der Waals surface area contributed by atoms with Gasteiger partial charge in [0.2, 0.25) is 0 Å². The molecule has 0 spiro atoms. The van der Waals surface area contributed by atoms with E-state index in [2.05, 4.69) is 0 Å². The number of benzene rings is 2. The van der Waals surface area contributed by atoms with Crippen LogP contribution < -0.4 is 4.90 Å². The van der Waals surface area contributed by atoms with Crippen LogP contribution >= 0.6 is 12.2 Å². The molecular formula is C25H20F3N3O2S. The van der Waals surface area contributed by atoms with Crippen molar-refractivity contribution in [1.82, 2.24) is 4.90 Å². The van der Waals surface area contributed by atoms with Crippen molar-refractivity contribution in [3.8, 4) is 6.07 Å². The molecule has 1 aliphatic carbocycles. The van der Waals surface area contributed by atoms with Gasteiger partial charge >= 0.3 is 6.18 Å². The predicted octanol–water partition coefficient (Wildman–Crippen LogP) is 5.02. The number of carbonyl (C=O) groups excluding carboxylic acids is 1. The lowest BCUT2D eigenvalue weighted by molar-refractivity contribution is -0.137. The fraction of sp³-hybridized carbons (Fsp3) is 0.240. The largest absolute Gasteiger partial charge is 0.417 e. The first kappa shape index (κ1) is 23.7. The molecular weight excluding hydrogens is 463 g/mol. The summed E-state index contributed by atoms with van der Waals surface area (Å²) in [7, 11) is 0. The van der Waals surface area contributed by atoms with E-state index in [1.165, 1.54) is 17.0 Å². The Labute approximate surface area is 200 Å². The lowest BCUT2D eigenvalue weighted by atomic mass is 9.91. The zero-order valence-electron chi connectivity index (χ0n) is 18.3. The van der Waals surface area contributed by atoms with Gasteiger partial charge in [0.1, 0.15) is 5.54 Å². The average Bonchev–Trinajstić information content (AvgIpc) is 2.97. The van der Waals surface area contributed by atoms with Gasteiger partial charge in [-0.3, -0.25) is 9.69 Å². The predicted molar refractivity (Wildman–Crippen MR) is 125 cm³/mol. The molecule has 1 heterocycles. The molecule has 1 unspecified atom stereocenters. The van der Waals surface area contributed by atoms with Gasteiger partial charge in [-0.2, -0.15) is 18.4 Å². The van der Waals surface area contributed by atoms with Gasteiger partial charge in [0.05, 0.1) is 22.9 Å². The molecule has 0 bridgehead atoms. The summed E-state index contributed by atoms with van der Waals surface area (Å²) in [5.41, 5.74) is -3.01. The highest BCUT2D eigenvalue weighted by Crippen LogP contribution is 2.42. The topological polar surface area (TPSA) is 67.6 Å². The average molecular weight is 484 g/mol. The van der Waals surface area contributed by atoms with Gasteiger partial charge < -0.3 is 10.0 Å². The standard InChI is InChI=1S/C25H20F3N3O2S/c1-23(2)21(32)30(19-9-8-18(15-29)20(14-19)25(26,27)28)22(34)31(23)24(33)12-10-17(11-13-24)16-6-4-3-5-7-16/h3-12,14,33H,13H2,1-2H3. The molecule has 1 saturated heterocycles. The van der Waals surface area contributed by atoms with Crippen LogP contribution in [0.5, 0.6) is 0 Å². The normalized spacial score (nSPS) is 22.1. The zero-order chi connectivity index (χ0) is 24.9. The maximum atomic E-state index is 13.5. The van der Waals surface area contributed by atoms with E-state index >= 15 is 0 Å². The molecule has 4 rings (SSSR count). The van der Waals surface area contributed by atoms with Crippen molar-refractivity contribution in [3.63, 3.8) is 0 Å². The summed E-state index contributed by atoms with van der Waals surface area (Å²) in [6.45, 7) is 3.11. The number of nitriles is 1. The molecule has 1 amide bonds. The van der Waals surface area contributed by atoms with E-state index < -0.39 is 34.5 Å². The third-order valence-electron chi connectivity index (χ3n) is 6.00. The summed E-state index contributed by atoms with van der Waals surface area (Å²) in [5.74, 6) is -0.588. The highest BCUT2D eigenvalue weighted by Gasteiger charge is 2.56. The van der Waals surface area contributed by atoms with Crippen molar-refractivity contribution >= 4 is 34.5 Å². The van der Waals surface area contributed by atoms with E-state index in [1.807, 2.05) is 36.4 Å². The number of hydrogen-bond acceptors (Lipinski definition) is 4. The molecule has 0 aromatic heterocycles. The monoisotopic (exact) mass is 483 g/mol. The molecule has 2 aliphatic rings. The van der Waals surface area contributed by atoms with E-state index in [4.69, 9.17) is 17.5 Å². The fourth-order valence-electron chi connectivity index (χ4n) is 4.31. The number of amides is 1. The van der Waals surface area contributed by atoms with Crippen LogP contribution in [0.4, 0.5) is 18.9 Å². The molecule has 2 aromatic rings. The van der Waals surface area contributed by atoms with Crippen LogP contribution in [-0.2, 0) is 11.0 Å². The molecule has 5 nitrogen and oxygen atoms in total. The molecule has 2 aromatic carbocycles. The minimum atomic E-state index is -4.79. The number of thiocarbonyl (C=S) groups is 1. The lowest BCUT2D eigenvalue weighted by Gasteiger charge is -2.43. The number of nitrogens with zero attached hydrogens (tertiary/aromatic N) is 3. The number of halogens is 3. The van der Waals surface area contributed by atoms with Crippen molar-refractivity contribution in [1.29, 1.82) is 5.26 Å². The Morgan fingerprint density at radius 2 is 1.82 bits per heavy atom. The van der Waals surface area contributed by atoms with Crippen molar-refractivity contribution in [2.24, 2.45) is 0 Å². The molecule has 9 heteroatoms. The van der Waals surface area contributed by atoms with E-state index in [-0.39, 0.29) is 17.2 Å². The summed E-state index contributed by atoms with van der Waals surface area (Å²) in [6, 6.07) is 14.0. The maximum absolute atomic E-state index is 13.5. The number of alkyl halides is 3. The Hall–Kier alpha value is -3.48. The molecule has 34 heavy (non-hydrogen) atoms. The first-order chi connectivity index (χ1) is 15.9. The van der Waals surface area contributed by atoms with Crippen LogP contribution in [0.2, 0.25) is 0 Å². The second kappa shape index (κ2) is 8.08. The number of aliphatic hydroxyl groups is 1. The molecule has 1 aliphatic heterocycles. The second-order valence-electron chi connectivity index (χ2n) is 8.60. The van der Waals surface area contributed by atoms with Crippen molar-refractivity contribution in [3.05, 3.63) is 83.4 Å². The van der Waals surface area contributed by atoms with Crippen molar-refractivity contribution in [2.75, 3.05) is 4.90 Å². The first-order valence-electron chi connectivity index (χ1n) is 10.4. The van der Waals surface area contributed by atoms with Gasteiger partial charge in [-0.05, 0) is 61.5 Å². The minimum absolute atomic E-state index is 0.111. The highest BCUT2D eigenvalue weighted by molar-refractivity contribution is 7.80. The number of hydrogen-bond donors (Lipinski definition) is 1. The molecule has 1 fully saturated rings. The molecule has 0 radical (unpaired) electrons. The van der Waals surface area contributed by atoms with E-state index in [1.54, 1.807) is 26.0 Å². The molecule has 1 N–H and O–H groups in total. The van der Waals surface area contributed by atoms with E-state index in [0.717, 1.165) is 28.2 Å². The molecule has 1 atom stereocenters. The Balaban J connectivity index is 1.71. The van der Waals surface area contributed by atoms with Crippen LogP contribution in [0.15, 0.2) is 66.8 Å².